The number of aromatic nitrogens is 1. The third kappa shape index (κ3) is 3.87. The highest BCUT2D eigenvalue weighted by atomic mass is 16.5. The first kappa shape index (κ1) is 18.8. The summed E-state index contributed by atoms with van der Waals surface area (Å²) in [5.74, 6) is -0.765. The van der Waals surface area contributed by atoms with Crippen LogP contribution in [0.15, 0.2) is 53.1 Å². The lowest BCUT2D eigenvalue weighted by Gasteiger charge is -2.35. The zero-order valence-electron chi connectivity index (χ0n) is 16.0. The Morgan fingerprint density at radius 1 is 1.03 bits per heavy atom. The number of furan rings is 1. The molecule has 1 N–H and O–H groups in total. The molecule has 2 amide bonds. The third-order valence-electron chi connectivity index (χ3n) is 4.99. The molecule has 1 aliphatic rings. The molecule has 1 atom stereocenters. The molecule has 0 radical (unpaired) electrons. The van der Waals surface area contributed by atoms with Crippen molar-refractivity contribution in [1.29, 1.82) is 0 Å². The summed E-state index contributed by atoms with van der Waals surface area (Å²) in [6.07, 6.45) is 0.539. The highest BCUT2D eigenvalue weighted by molar-refractivity contribution is 5.96. The lowest BCUT2D eigenvalue weighted by molar-refractivity contribution is -0.141. The van der Waals surface area contributed by atoms with Crippen LogP contribution in [-0.4, -0.2) is 64.9 Å². The number of para-hydroxylation sites is 1. The van der Waals surface area contributed by atoms with Gasteiger partial charge in [-0.1, -0.05) is 18.2 Å². The Hall–Kier alpha value is -3.55. The molecule has 2 aromatic heterocycles. The van der Waals surface area contributed by atoms with Crippen molar-refractivity contribution >= 4 is 28.7 Å². The van der Waals surface area contributed by atoms with E-state index >= 15 is 0 Å². The van der Waals surface area contributed by atoms with E-state index in [4.69, 9.17) is 9.15 Å². The summed E-state index contributed by atoms with van der Waals surface area (Å²) < 4.78 is 10.5. The van der Waals surface area contributed by atoms with E-state index in [0.29, 0.717) is 31.9 Å². The Morgan fingerprint density at radius 3 is 2.45 bits per heavy atom. The number of hydrogen-bond acceptors (Lipinski definition) is 5. The maximum absolute atomic E-state index is 12.7. The fourth-order valence-corrected chi connectivity index (χ4v) is 3.40. The molecule has 4 rings (SSSR count). The van der Waals surface area contributed by atoms with Crippen molar-refractivity contribution in [1.82, 2.24) is 14.8 Å². The van der Waals surface area contributed by atoms with Gasteiger partial charge in [-0.15, -0.1) is 0 Å². The minimum Gasteiger partial charge on any atom is -0.459 e. The fraction of sp³-hybridized carbons (Fsp3) is 0.286. The molecule has 8 heteroatoms. The summed E-state index contributed by atoms with van der Waals surface area (Å²) in [7, 11) is 0. The summed E-state index contributed by atoms with van der Waals surface area (Å²) in [4.78, 5) is 43.6. The minimum absolute atomic E-state index is 0.194. The van der Waals surface area contributed by atoms with Gasteiger partial charge in [-0.3, -0.25) is 9.59 Å². The highest BCUT2D eigenvalue weighted by Gasteiger charge is 2.30. The Balaban J connectivity index is 1.32. The molecular weight excluding hydrogens is 374 g/mol. The number of aromatic amines is 1. The molecule has 0 bridgehead atoms. The van der Waals surface area contributed by atoms with E-state index in [1.807, 2.05) is 24.3 Å². The third-order valence-corrected chi connectivity index (χ3v) is 4.99. The number of benzene rings is 1. The van der Waals surface area contributed by atoms with Crippen molar-refractivity contribution in [3.8, 4) is 0 Å². The predicted octanol–water partition coefficient (Wildman–Crippen LogP) is 2.29. The lowest BCUT2D eigenvalue weighted by Crippen LogP contribution is -2.53. The van der Waals surface area contributed by atoms with Gasteiger partial charge in [-0.2, -0.15) is 0 Å². The Labute approximate surface area is 167 Å². The summed E-state index contributed by atoms with van der Waals surface area (Å²) >= 11 is 0. The van der Waals surface area contributed by atoms with Crippen LogP contribution in [0.2, 0.25) is 0 Å². The SMILES string of the molecule is C[C@@H](OC(=O)c1cc2ccccc2[nH]1)C(=O)N1CCN(C(=O)c2ccco2)CC1. The van der Waals surface area contributed by atoms with Crippen LogP contribution in [0.5, 0.6) is 0 Å². The lowest BCUT2D eigenvalue weighted by atomic mass is 10.2. The standard InChI is InChI=1S/C21H21N3O5/c1-14(29-21(27)17-13-15-5-2-3-6-16(15)22-17)19(25)23-8-10-24(11-9-23)20(26)18-7-4-12-28-18/h2-7,12-14,22H,8-11H2,1H3/t14-/m1/s1. The number of fused-ring (bicyclic) bond motifs is 1. The number of rotatable bonds is 4. The Kier molecular flexibility index (Phi) is 5.07. The second-order valence-corrected chi connectivity index (χ2v) is 6.91. The number of carbonyl (C=O) groups excluding carboxylic acids is 3. The minimum atomic E-state index is -0.916. The molecular formula is C21H21N3O5. The molecule has 0 unspecified atom stereocenters. The van der Waals surface area contributed by atoms with E-state index in [-0.39, 0.29) is 17.6 Å². The maximum atomic E-state index is 12.7. The van der Waals surface area contributed by atoms with Crippen LogP contribution in [0, 0.1) is 0 Å². The van der Waals surface area contributed by atoms with Gasteiger partial charge in [-0.05, 0) is 31.2 Å². The van der Waals surface area contributed by atoms with Crippen molar-refractivity contribution < 1.29 is 23.5 Å². The van der Waals surface area contributed by atoms with Crippen LogP contribution in [0.3, 0.4) is 0 Å². The van der Waals surface area contributed by atoms with Gasteiger partial charge in [0.1, 0.15) is 5.69 Å². The van der Waals surface area contributed by atoms with E-state index in [1.165, 1.54) is 6.26 Å². The molecule has 1 saturated heterocycles. The van der Waals surface area contributed by atoms with Gasteiger partial charge in [0.05, 0.1) is 6.26 Å². The van der Waals surface area contributed by atoms with Crippen LogP contribution >= 0.6 is 0 Å². The average molecular weight is 395 g/mol. The second kappa shape index (κ2) is 7.83. The summed E-state index contributed by atoms with van der Waals surface area (Å²) in [6.45, 7) is 3.10. The first-order valence-corrected chi connectivity index (χ1v) is 9.43. The molecule has 29 heavy (non-hydrogen) atoms. The molecule has 1 aromatic carbocycles. The summed E-state index contributed by atoms with van der Waals surface area (Å²) in [5.41, 5.74) is 1.13. The number of ether oxygens (including phenoxy) is 1. The van der Waals surface area contributed by atoms with E-state index in [2.05, 4.69) is 4.98 Å². The van der Waals surface area contributed by atoms with Crippen LogP contribution in [0.25, 0.3) is 10.9 Å². The van der Waals surface area contributed by atoms with E-state index in [0.717, 1.165) is 10.9 Å². The molecule has 8 nitrogen and oxygen atoms in total. The number of carbonyl (C=O) groups is 3. The molecule has 0 spiro atoms. The normalized spacial score (nSPS) is 15.3. The average Bonchev–Trinajstić information content (AvgIpc) is 3.42. The van der Waals surface area contributed by atoms with Gasteiger partial charge in [-0.25, -0.2) is 4.79 Å². The van der Waals surface area contributed by atoms with Gasteiger partial charge in [0.15, 0.2) is 11.9 Å². The molecule has 0 saturated carbocycles. The zero-order chi connectivity index (χ0) is 20.4. The topological polar surface area (TPSA) is 95.9 Å². The highest BCUT2D eigenvalue weighted by Crippen LogP contribution is 2.16. The van der Waals surface area contributed by atoms with Crippen molar-refractivity contribution in [2.45, 2.75) is 13.0 Å². The van der Waals surface area contributed by atoms with E-state index in [9.17, 15) is 14.4 Å². The van der Waals surface area contributed by atoms with Crippen molar-refractivity contribution in [2.75, 3.05) is 26.2 Å². The van der Waals surface area contributed by atoms with Crippen LogP contribution in [0.4, 0.5) is 0 Å². The molecule has 3 aromatic rings. The van der Waals surface area contributed by atoms with E-state index in [1.54, 1.807) is 34.9 Å². The van der Waals surface area contributed by atoms with Crippen LogP contribution < -0.4 is 0 Å². The second-order valence-electron chi connectivity index (χ2n) is 6.91. The monoisotopic (exact) mass is 395 g/mol. The zero-order valence-corrected chi connectivity index (χ0v) is 16.0. The number of piperazine rings is 1. The number of esters is 1. The van der Waals surface area contributed by atoms with E-state index < -0.39 is 12.1 Å². The Bertz CT molecular complexity index is 999. The number of hydrogen-bond donors (Lipinski definition) is 1. The Morgan fingerprint density at radius 2 is 1.76 bits per heavy atom. The van der Waals surface area contributed by atoms with Gasteiger partial charge in [0.25, 0.3) is 11.8 Å². The van der Waals surface area contributed by atoms with Crippen molar-refractivity contribution in [3.63, 3.8) is 0 Å². The first-order valence-electron chi connectivity index (χ1n) is 9.43. The number of nitrogens with zero attached hydrogens (tertiary/aromatic N) is 2. The summed E-state index contributed by atoms with van der Waals surface area (Å²) in [5, 5.41) is 0.899. The number of amides is 2. The molecule has 1 aliphatic heterocycles. The maximum Gasteiger partial charge on any atom is 0.355 e. The molecule has 0 aliphatic carbocycles. The van der Waals surface area contributed by atoms with Crippen LogP contribution in [-0.2, 0) is 9.53 Å². The molecule has 1 fully saturated rings. The van der Waals surface area contributed by atoms with Crippen molar-refractivity contribution in [2.24, 2.45) is 0 Å². The largest absolute Gasteiger partial charge is 0.459 e. The van der Waals surface area contributed by atoms with Gasteiger partial charge >= 0.3 is 5.97 Å². The number of nitrogens with one attached hydrogen (secondary N) is 1. The van der Waals surface area contributed by atoms with Gasteiger partial charge < -0.3 is 23.9 Å². The molecule has 3 heterocycles. The van der Waals surface area contributed by atoms with Gasteiger partial charge in [0.2, 0.25) is 0 Å². The smallest absolute Gasteiger partial charge is 0.355 e. The first-order chi connectivity index (χ1) is 14.0. The predicted molar refractivity (Wildman–Crippen MR) is 104 cm³/mol. The quantitative estimate of drug-likeness (QED) is 0.684. The fourth-order valence-electron chi connectivity index (χ4n) is 3.40. The number of H-pyrrole nitrogens is 1. The molecule has 150 valence electrons. The van der Waals surface area contributed by atoms with Crippen molar-refractivity contribution in [3.05, 3.63) is 60.2 Å². The summed E-state index contributed by atoms with van der Waals surface area (Å²) in [6, 6.07) is 12.5. The van der Waals surface area contributed by atoms with Crippen LogP contribution in [0.1, 0.15) is 28.0 Å². The van der Waals surface area contributed by atoms with Gasteiger partial charge in [0, 0.05) is 37.1 Å².